The molecular formula is C5H9FN2O. The van der Waals surface area contributed by atoms with Gasteiger partial charge in [0.1, 0.15) is 6.17 Å². The molecule has 52 valence electrons. The molecular weight excluding hydrogens is 123 g/mol. The third kappa shape index (κ3) is 1.71. The minimum absolute atomic E-state index is 0.0162. The minimum Gasteiger partial charge on any atom is -0.309 e. The summed E-state index contributed by atoms with van der Waals surface area (Å²) in [4.78, 5) is 9.66. The lowest BCUT2D eigenvalue weighted by Gasteiger charge is -2.00. The molecule has 0 aromatic rings. The maximum Gasteiger partial charge on any atom is 0.114 e. The highest BCUT2D eigenvalue weighted by Gasteiger charge is 2.22. The summed E-state index contributed by atoms with van der Waals surface area (Å²) in [6.07, 6.45) is -0.345. The smallest absolute Gasteiger partial charge is 0.114 e. The monoisotopic (exact) mass is 132 g/mol. The zero-order valence-corrected chi connectivity index (χ0v) is 5.01. The largest absolute Gasteiger partial charge is 0.309 e. The molecule has 3 nitrogen and oxygen atoms in total. The van der Waals surface area contributed by atoms with Gasteiger partial charge in [-0.05, 0) is 6.42 Å². The third-order valence-electron chi connectivity index (χ3n) is 1.46. The zero-order valence-electron chi connectivity index (χ0n) is 5.01. The Morgan fingerprint density at radius 1 is 1.78 bits per heavy atom. The van der Waals surface area contributed by atoms with Gasteiger partial charge in [-0.3, -0.25) is 0 Å². The van der Waals surface area contributed by atoms with Crippen LogP contribution in [0.5, 0.6) is 0 Å². The van der Waals surface area contributed by atoms with Crippen LogP contribution in [0, 0.1) is 4.91 Å². The quantitative estimate of drug-likeness (QED) is 0.554. The van der Waals surface area contributed by atoms with Gasteiger partial charge < -0.3 is 5.32 Å². The molecule has 9 heavy (non-hydrogen) atoms. The molecule has 4 heteroatoms. The predicted octanol–water partition coefficient (Wildman–Crippen LogP) is 0.453. The molecule has 0 aromatic heterocycles. The van der Waals surface area contributed by atoms with Crippen molar-refractivity contribution >= 4 is 0 Å². The van der Waals surface area contributed by atoms with Gasteiger partial charge in [-0.15, -0.1) is 0 Å². The first kappa shape index (κ1) is 6.61. The molecule has 0 amide bonds. The van der Waals surface area contributed by atoms with Gasteiger partial charge in [-0.1, -0.05) is 5.18 Å². The first-order valence-corrected chi connectivity index (χ1v) is 2.99. The lowest BCUT2D eigenvalue weighted by atomic mass is 10.2. The molecule has 1 aliphatic rings. The van der Waals surface area contributed by atoms with E-state index in [9.17, 15) is 9.30 Å². The van der Waals surface area contributed by atoms with E-state index in [-0.39, 0.29) is 12.6 Å². The van der Waals surface area contributed by atoms with Crippen molar-refractivity contribution in [2.75, 3.05) is 13.1 Å². The first-order chi connectivity index (χ1) is 4.33. The van der Waals surface area contributed by atoms with Crippen LogP contribution < -0.4 is 5.32 Å². The molecule has 1 saturated heterocycles. The van der Waals surface area contributed by atoms with E-state index in [1.165, 1.54) is 0 Å². The summed E-state index contributed by atoms with van der Waals surface area (Å²) in [6.45, 7) is 0.570. The first-order valence-electron chi connectivity index (χ1n) is 2.99. The number of hydrogen-bond acceptors (Lipinski definition) is 3. The fourth-order valence-corrected chi connectivity index (χ4v) is 0.999. The molecule has 0 radical (unpaired) electrons. The molecule has 0 aliphatic carbocycles. The Balaban J connectivity index is 2.21. The maximum atomic E-state index is 12.3. The minimum atomic E-state index is -0.781. The van der Waals surface area contributed by atoms with E-state index >= 15 is 0 Å². The Hall–Kier alpha value is -0.510. The lowest BCUT2D eigenvalue weighted by molar-refractivity contribution is 0.356. The van der Waals surface area contributed by atoms with Crippen molar-refractivity contribution in [3.8, 4) is 0 Å². The Labute approximate surface area is 52.6 Å². The summed E-state index contributed by atoms with van der Waals surface area (Å²) in [7, 11) is 0. The number of halogens is 1. The molecule has 1 fully saturated rings. The summed E-state index contributed by atoms with van der Waals surface area (Å²) >= 11 is 0. The summed E-state index contributed by atoms with van der Waals surface area (Å²) in [5.41, 5.74) is 0. The predicted molar refractivity (Wildman–Crippen MR) is 32.0 cm³/mol. The van der Waals surface area contributed by atoms with Gasteiger partial charge in [-0.25, -0.2) is 4.39 Å². The van der Waals surface area contributed by atoms with Gasteiger partial charge in [0.2, 0.25) is 0 Å². The van der Waals surface area contributed by atoms with Crippen molar-refractivity contribution in [2.45, 2.75) is 18.6 Å². The third-order valence-corrected chi connectivity index (χ3v) is 1.46. The van der Waals surface area contributed by atoms with E-state index < -0.39 is 6.17 Å². The molecule has 1 rings (SSSR count). The van der Waals surface area contributed by atoms with Crippen LogP contribution in [0.2, 0.25) is 0 Å². The number of nitroso groups, excluding NO2 is 1. The number of alkyl halides is 1. The number of hydrogen-bond donors (Lipinski definition) is 1. The standard InChI is InChI=1S/C5H9FN2O/c6-4-1-5(3-8-9)7-2-4/h4-5,7H,1-3H2/t4-,5+/m0/s1. The highest BCUT2D eigenvalue weighted by molar-refractivity contribution is 4.82. The van der Waals surface area contributed by atoms with Crippen molar-refractivity contribution in [2.24, 2.45) is 5.18 Å². The lowest BCUT2D eigenvalue weighted by Crippen LogP contribution is -2.23. The fraction of sp³-hybridized carbons (Fsp3) is 1.00. The fourth-order valence-electron chi connectivity index (χ4n) is 0.999. The van der Waals surface area contributed by atoms with Crippen molar-refractivity contribution in [3.63, 3.8) is 0 Å². The van der Waals surface area contributed by atoms with Crippen molar-refractivity contribution in [3.05, 3.63) is 4.91 Å². The summed E-state index contributed by atoms with van der Waals surface area (Å²) in [6, 6.07) is -0.0162. The number of nitrogens with zero attached hydrogens (tertiary/aromatic N) is 1. The van der Waals surface area contributed by atoms with Gasteiger partial charge in [0.25, 0.3) is 0 Å². The molecule has 1 aliphatic heterocycles. The van der Waals surface area contributed by atoms with Gasteiger partial charge in [0, 0.05) is 12.6 Å². The number of rotatable bonds is 2. The van der Waals surface area contributed by atoms with Crippen LogP contribution in [0.15, 0.2) is 5.18 Å². The van der Waals surface area contributed by atoms with E-state index in [2.05, 4.69) is 10.5 Å². The summed E-state index contributed by atoms with van der Waals surface area (Å²) < 4.78 is 12.3. The Morgan fingerprint density at radius 2 is 2.56 bits per heavy atom. The van der Waals surface area contributed by atoms with E-state index in [0.717, 1.165) is 0 Å². The second-order valence-corrected chi connectivity index (χ2v) is 2.25. The molecule has 0 aromatic carbocycles. The molecule has 2 atom stereocenters. The highest BCUT2D eigenvalue weighted by Crippen LogP contribution is 2.09. The van der Waals surface area contributed by atoms with Crippen LogP contribution in [0.3, 0.4) is 0 Å². The van der Waals surface area contributed by atoms with E-state index in [4.69, 9.17) is 0 Å². The van der Waals surface area contributed by atoms with Crippen LogP contribution in [0.1, 0.15) is 6.42 Å². The zero-order chi connectivity index (χ0) is 6.69. The molecule has 0 bridgehead atoms. The Morgan fingerprint density at radius 3 is 3.00 bits per heavy atom. The van der Waals surface area contributed by atoms with E-state index in [1.807, 2.05) is 0 Å². The van der Waals surface area contributed by atoms with E-state index in [0.29, 0.717) is 13.0 Å². The number of nitrogens with one attached hydrogen (secondary N) is 1. The van der Waals surface area contributed by atoms with Crippen LogP contribution in [-0.4, -0.2) is 25.3 Å². The molecule has 0 saturated carbocycles. The second kappa shape index (κ2) is 2.87. The van der Waals surface area contributed by atoms with Crippen LogP contribution in [0.4, 0.5) is 4.39 Å². The summed E-state index contributed by atoms with van der Waals surface area (Å²) in [5, 5.41) is 5.51. The normalized spacial score (nSPS) is 34.8. The van der Waals surface area contributed by atoms with Crippen molar-refractivity contribution < 1.29 is 4.39 Å². The van der Waals surface area contributed by atoms with Gasteiger partial charge >= 0.3 is 0 Å². The molecule has 1 N–H and O–H groups in total. The Bertz CT molecular complexity index is 109. The average Bonchev–Trinajstić information content (AvgIpc) is 2.17. The topological polar surface area (TPSA) is 41.5 Å². The highest BCUT2D eigenvalue weighted by atomic mass is 19.1. The Kier molecular flexibility index (Phi) is 2.10. The van der Waals surface area contributed by atoms with Gasteiger partial charge in [0.05, 0.1) is 6.54 Å². The molecule has 0 spiro atoms. The average molecular weight is 132 g/mol. The van der Waals surface area contributed by atoms with Crippen LogP contribution in [0.25, 0.3) is 0 Å². The molecule has 0 unspecified atom stereocenters. The van der Waals surface area contributed by atoms with Crippen LogP contribution in [-0.2, 0) is 0 Å². The maximum absolute atomic E-state index is 12.3. The van der Waals surface area contributed by atoms with Crippen molar-refractivity contribution in [1.29, 1.82) is 0 Å². The van der Waals surface area contributed by atoms with Crippen molar-refractivity contribution in [1.82, 2.24) is 5.32 Å². The van der Waals surface area contributed by atoms with Gasteiger partial charge in [-0.2, -0.15) is 4.91 Å². The molecule has 1 heterocycles. The van der Waals surface area contributed by atoms with Crippen LogP contribution >= 0.6 is 0 Å². The summed E-state index contributed by atoms with van der Waals surface area (Å²) in [5.74, 6) is 0. The van der Waals surface area contributed by atoms with Gasteiger partial charge in [0.15, 0.2) is 0 Å². The van der Waals surface area contributed by atoms with E-state index in [1.54, 1.807) is 0 Å². The second-order valence-electron chi connectivity index (χ2n) is 2.25. The SMILES string of the molecule is O=NC[C@H]1C[C@H](F)CN1.